The van der Waals surface area contributed by atoms with Crippen molar-refractivity contribution < 1.29 is 4.79 Å². The van der Waals surface area contributed by atoms with Gasteiger partial charge in [-0.15, -0.1) is 0 Å². The summed E-state index contributed by atoms with van der Waals surface area (Å²) in [4.78, 5) is 12.2. The van der Waals surface area contributed by atoms with Gasteiger partial charge in [0.15, 0.2) is 0 Å². The Morgan fingerprint density at radius 3 is 2.74 bits per heavy atom. The van der Waals surface area contributed by atoms with Crippen molar-refractivity contribution in [2.45, 2.75) is 38.8 Å². The number of aryl methyl sites for hydroxylation is 2. The third-order valence-electron chi connectivity index (χ3n) is 3.14. The van der Waals surface area contributed by atoms with Gasteiger partial charge in [-0.3, -0.25) is 9.48 Å². The summed E-state index contributed by atoms with van der Waals surface area (Å²) in [6, 6.07) is -0.0106. The Balaban J connectivity index is 2.13. The molecule has 6 nitrogen and oxygen atoms in total. The third kappa shape index (κ3) is 3.04. The van der Waals surface area contributed by atoms with Crippen LogP contribution < -0.4 is 16.4 Å². The summed E-state index contributed by atoms with van der Waals surface area (Å²) >= 11 is 5.03. The van der Waals surface area contributed by atoms with Crippen LogP contribution >= 0.6 is 12.2 Å². The molecule has 7 heteroatoms. The average Bonchev–Trinajstić information content (AvgIpc) is 3.06. The van der Waals surface area contributed by atoms with Crippen molar-refractivity contribution >= 4 is 28.9 Å². The van der Waals surface area contributed by atoms with E-state index in [2.05, 4.69) is 15.7 Å². The van der Waals surface area contributed by atoms with Crippen LogP contribution in [0.15, 0.2) is 0 Å². The fraction of sp³-hybridized carbons (Fsp3) is 0.583. The van der Waals surface area contributed by atoms with Crippen molar-refractivity contribution in [2.75, 3.05) is 5.32 Å². The summed E-state index contributed by atoms with van der Waals surface area (Å²) in [5.74, 6) is 0.665. The van der Waals surface area contributed by atoms with Gasteiger partial charge in [0.25, 0.3) is 0 Å². The predicted octanol–water partition coefficient (Wildman–Crippen LogP) is 0.442. The number of nitrogens with one attached hydrogen (secondary N) is 2. The standard InChI is InChI=1S/C12H19N5OS/c1-6-9(10(13)19)11(17(3)16-6)14-7(2)12(18)15-8-4-5-8/h7-8,14H,4-5H2,1-3H3,(H2,13,19)(H,15,18). The lowest BCUT2D eigenvalue weighted by atomic mass is 10.2. The fourth-order valence-electron chi connectivity index (χ4n) is 1.94. The maximum atomic E-state index is 11.9. The largest absolute Gasteiger partial charge is 0.389 e. The maximum absolute atomic E-state index is 11.9. The number of nitrogens with two attached hydrogens (primary N) is 1. The van der Waals surface area contributed by atoms with Gasteiger partial charge < -0.3 is 16.4 Å². The molecule has 1 fully saturated rings. The lowest BCUT2D eigenvalue weighted by Gasteiger charge is -2.16. The number of nitrogens with zero attached hydrogens (tertiary/aromatic N) is 2. The van der Waals surface area contributed by atoms with Gasteiger partial charge in [0.2, 0.25) is 5.91 Å². The van der Waals surface area contributed by atoms with E-state index in [9.17, 15) is 4.79 Å². The van der Waals surface area contributed by atoms with Crippen molar-refractivity contribution in [3.8, 4) is 0 Å². The highest BCUT2D eigenvalue weighted by atomic mass is 32.1. The summed E-state index contributed by atoms with van der Waals surface area (Å²) in [5, 5.41) is 10.4. The Bertz CT molecular complexity index is 520. The molecule has 1 aliphatic carbocycles. The number of aromatic nitrogens is 2. The Morgan fingerprint density at radius 1 is 1.58 bits per heavy atom. The molecule has 1 atom stereocenters. The van der Waals surface area contributed by atoms with E-state index in [1.54, 1.807) is 11.7 Å². The molecule has 1 unspecified atom stereocenters. The van der Waals surface area contributed by atoms with Crippen LogP contribution in [0.1, 0.15) is 31.0 Å². The van der Waals surface area contributed by atoms with Crippen molar-refractivity contribution in [3.05, 3.63) is 11.3 Å². The summed E-state index contributed by atoms with van der Waals surface area (Å²) in [5.41, 5.74) is 7.16. The number of anilines is 1. The minimum Gasteiger partial charge on any atom is -0.389 e. The van der Waals surface area contributed by atoms with Gasteiger partial charge in [0.1, 0.15) is 16.8 Å². The zero-order valence-corrected chi connectivity index (χ0v) is 12.2. The second kappa shape index (κ2) is 5.16. The van der Waals surface area contributed by atoms with E-state index in [1.807, 2.05) is 13.8 Å². The maximum Gasteiger partial charge on any atom is 0.242 e. The van der Waals surface area contributed by atoms with Crippen LogP contribution in [-0.2, 0) is 11.8 Å². The molecular formula is C12H19N5OS. The Hall–Kier alpha value is -1.63. The number of hydrogen-bond acceptors (Lipinski definition) is 4. The second-order valence-electron chi connectivity index (χ2n) is 4.95. The van der Waals surface area contributed by atoms with Crippen LogP contribution in [0.5, 0.6) is 0 Å². The molecule has 1 aromatic rings. The zero-order chi connectivity index (χ0) is 14.2. The normalized spacial score (nSPS) is 15.9. The monoisotopic (exact) mass is 281 g/mol. The molecule has 2 rings (SSSR count). The SMILES string of the molecule is Cc1nn(C)c(NC(C)C(=O)NC2CC2)c1C(N)=S. The molecular weight excluding hydrogens is 262 g/mol. The summed E-state index contributed by atoms with van der Waals surface area (Å²) < 4.78 is 1.66. The van der Waals surface area contributed by atoms with Gasteiger partial charge in [-0.2, -0.15) is 5.10 Å². The molecule has 1 amide bonds. The lowest BCUT2D eigenvalue weighted by Crippen LogP contribution is -2.39. The molecule has 104 valence electrons. The topological polar surface area (TPSA) is 85.0 Å². The Morgan fingerprint density at radius 2 is 2.21 bits per heavy atom. The van der Waals surface area contributed by atoms with Gasteiger partial charge in [0, 0.05) is 13.1 Å². The van der Waals surface area contributed by atoms with E-state index in [0.717, 1.165) is 18.5 Å². The van der Waals surface area contributed by atoms with Crippen LogP contribution in [0, 0.1) is 6.92 Å². The van der Waals surface area contributed by atoms with Crippen molar-refractivity contribution in [3.63, 3.8) is 0 Å². The van der Waals surface area contributed by atoms with Gasteiger partial charge in [0.05, 0.1) is 11.3 Å². The van der Waals surface area contributed by atoms with E-state index in [-0.39, 0.29) is 16.9 Å². The molecule has 0 aliphatic heterocycles. The summed E-state index contributed by atoms with van der Waals surface area (Å²) in [6.07, 6.45) is 2.14. The summed E-state index contributed by atoms with van der Waals surface area (Å²) in [6.45, 7) is 3.65. The van der Waals surface area contributed by atoms with Crippen LogP contribution in [0.25, 0.3) is 0 Å². The number of carbonyl (C=O) groups is 1. The van der Waals surface area contributed by atoms with Gasteiger partial charge in [-0.05, 0) is 26.7 Å². The Kier molecular flexibility index (Phi) is 3.75. The van der Waals surface area contributed by atoms with Crippen LogP contribution in [-0.4, -0.2) is 32.8 Å². The van der Waals surface area contributed by atoms with Crippen molar-refractivity contribution in [1.82, 2.24) is 15.1 Å². The first-order valence-corrected chi connectivity index (χ1v) is 6.71. The van der Waals surface area contributed by atoms with Gasteiger partial charge in [-0.1, -0.05) is 12.2 Å². The molecule has 0 bridgehead atoms. The van der Waals surface area contributed by atoms with Crippen molar-refractivity contribution in [2.24, 2.45) is 12.8 Å². The van der Waals surface area contributed by atoms with Crippen LogP contribution in [0.3, 0.4) is 0 Å². The molecule has 1 saturated carbocycles. The van der Waals surface area contributed by atoms with E-state index in [1.165, 1.54) is 0 Å². The number of hydrogen-bond donors (Lipinski definition) is 3. The first-order valence-electron chi connectivity index (χ1n) is 6.30. The van der Waals surface area contributed by atoms with E-state index < -0.39 is 0 Å². The van der Waals surface area contributed by atoms with E-state index in [4.69, 9.17) is 18.0 Å². The quantitative estimate of drug-likeness (QED) is 0.682. The minimum atomic E-state index is -0.358. The molecule has 1 aromatic heterocycles. The average molecular weight is 281 g/mol. The summed E-state index contributed by atoms with van der Waals surface area (Å²) in [7, 11) is 1.79. The minimum absolute atomic E-state index is 0.0183. The molecule has 1 heterocycles. The number of thiocarbonyl (C=S) groups is 1. The smallest absolute Gasteiger partial charge is 0.242 e. The fourth-order valence-corrected chi connectivity index (χ4v) is 2.19. The highest BCUT2D eigenvalue weighted by Crippen LogP contribution is 2.21. The highest BCUT2D eigenvalue weighted by Gasteiger charge is 2.26. The van der Waals surface area contributed by atoms with Crippen LogP contribution in [0.2, 0.25) is 0 Å². The number of carbonyl (C=O) groups excluding carboxylic acids is 1. The first kappa shape index (κ1) is 13.8. The molecule has 4 N–H and O–H groups in total. The second-order valence-corrected chi connectivity index (χ2v) is 5.39. The highest BCUT2D eigenvalue weighted by molar-refractivity contribution is 7.80. The molecule has 0 spiro atoms. The predicted molar refractivity (Wildman–Crippen MR) is 78.1 cm³/mol. The lowest BCUT2D eigenvalue weighted by molar-refractivity contribution is -0.121. The molecule has 0 radical (unpaired) electrons. The van der Waals surface area contributed by atoms with E-state index in [0.29, 0.717) is 17.4 Å². The molecule has 19 heavy (non-hydrogen) atoms. The van der Waals surface area contributed by atoms with Gasteiger partial charge in [-0.25, -0.2) is 0 Å². The Labute approximate surface area is 117 Å². The third-order valence-corrected chi connectivity index (χ3v) is 3.34. The number of amides is 1. The number of rotatable bonds is 5. The molecule has 0 aromatic carbocycles. The van der Waals surface area contributed by atoms with E-state index >= 15 is 0 Å². The van der Waals surface area contributed by atoms with Crippen molar-refractivity contribution in [1.29, 1.82) is 0 Å². The van der Waals surface area contributed by atoms with Crippen LogP contribution in [0.4, 0.5) is 5.82 Å². The molecule has 0 saturated heterocycles. The molecule has 1 aliphatic rings. The van der Waals surface area contributed by atoms with Gasteiger partial charge >= 0.3 is 0 Å². The zero-order valence-electron chi connectivity index (χ0n) is 11.4. The first-order chi connectivity index (χ1) is 8.90.